The van der Waals surface area contributed by atoms with Crippen LogP contribution in [0.3, 0.4) is 0 Å². The number of imidazole rings is 1. The quantitative estimate of drug-likeness (QED) is 0.554. The molecule has 4 aromatic rings. The number of H-pyrrole nitrogens is 1. The number of hydrogen-bond donors (Lipinski definition) is 1. The standard InChI is InChI=1S/C24H26N6/c1-2-24(19-9-5-3-6-10-19,20-11-7-4-8-12-20)30-15-13-29(14-16-30)23-21-22(26-17-25-21)27-18-28-23/h3-12,17-18H,2,13-16H2,1H3,(H,25,26,27,28). The van der Waals surface area contributed by atoms with Crippen LogP contribution in [0.1, 0.15) is 24.5 Å². The highest BCUT2D eigenvalue weighted by molar-refractivity contribution is 5.82. The number of nitrogens with zero attached hydrogens (tertiary/aromatic N) is 5. The van der Waals surface area contributed by atoms with E-state index in [9.17, 15) is 0 Å². The Bertz CT molecular complexity index is 1060. The second-order valence-corrected chi connectivity index (χ2v) is 7.72. The number of nitrogens with one attached hydrogen (secondary N) is 1. The first-order chi connectivity index (χ1) is 14.8. The van der Waals surface area contributed by atoms with Crippen LogP contribution in [0.4, 0.5) is 5.82 Å². The summed E-state index contributed by atoms with van der Waals surface area (Å²) in [5.41, 5.74) is 4.21. The second-order valence-electron chi connectivity index (χ2n) is 7.72. The molecule has 0 bridgehead atoms. The lowest BCUT2D eigenvalue weighted by atomic mass is 9.78. The third-order valence-electron chi connectivity index (χ3n) is 6.34. The van der Waals surface area contributed by atoms with Gasteiger partial charge in [-0.1, -0.05) is 67.6 Å². The van der Waals surface area contributed by atoms with E-state index in [1.165, 1.54) is 11.1 Å². The van der Waals surface area contributed by atoms with Crippen molar-refractivity contribution in [1.29, 1.82) is 0 Å². The monoisotopic (exact) mass is 398 g/mol. The third-order valence-corrected chi connectivity index (χ3v) is 6.34. The van der Waals surface area contributed by atoms with E-state index in [0.29, 0.717) is 0 Å². The van der Waals surface area contributed by atoms with Crippen molar-refractivity contribution in [3.8, 4) is 0 Å². The van der Waals surface area contributed by atoms with Gasteiger partial charge in [-0.15, -0.1) is 0 Å². The van der Waals surface area contributed by atoms with Crippen LogP contribution in [0.2, 0.25) is 0 Å². The number of fused-ring (bicyclic) bond motifs is 1. The van der Waals surface area contributed by atoms with E-state index in [4.69, 9.17) is 0 Å². The van der Waals surface area contributed by atoms with Crippen molar-refractivity contribution in [1.82, 2.24) is 24.8 Å². The van der Waals surface area contributed by atoms with E-state index in [0.717, 1.165) is 49.6 Å². The largest absolute Gasteiger partial charge is 0.352 e. The molecule has 2 aromatic carbocycles. The molecule has 1 aliphatic rings. The van der Waals surface area contributed by atoms with Crippen LogP contribution in [0.5, 0.6) is 0 Å². The smallest absolute Gasteiger partial charge is 0.182 e. The highest BCUT2D eigenvalue weighted by Gasteiger charge is 2.40. The summed E-state index contributed by atoms with van der Waals surface area (Å²) in [5.74, 6) is 0.943. The van der Waals surface area contributed by atoms with Gasteiger partial charge < -0.3 is 9.88 Å². The van der Waals surface area contributed by atoms with Gasteiger partial charge >= 0.3 is 0 Å². The van der Waals surface area contributed by atoms with Crippen molar-refractivity contribution >= 4 is 17.0 Å². The minimum atomic E-state index is -0.135. The van der Waals surface area contributed by atoms with Crippen LogP contribution in [-0.4, -0.2) is 51.0 Å². The van der Waals surface area contributed by atoms with Gasteiger partial charge in [-0.25, -0.2) is 15.0 Å². The average Bonchev–Trinajstić information content (AvgIpc) is 3.31. The maximum Gasteiger partial charge on any atom is 0.182 e. The molecule has 152 valence electrons. The maximum atomic E-state index is 4.55. The van der Waals surface area contributed by atoms with Gasteiger partial charge in [-0.2, -0.15) is 0 Å². The fraction of sp³-hybridized carbons (Fsp3) is 0.292. The molecule has 0 spiro atoms. The maximum absolute atomic E-state index is 4.55. The van der Waals surface area contributed by atoms with Gasteiger partial charge in [0.05, 0.1) is 11.9 Å². The minimum absolute atomic E-state index is 0.135. The summed E-state index contributed by atoms with van der Waals surface area (Å²) >= 11 is 0. The van der Waals surface area contributed by atoms with E-state index in [-0.39, 0.29) is 5.54 Å². The molecular weight excluding hydrogens is 372 g/mol. The zero-order valence-electron chi connectivity index (χ0n) is 17.2. The zero-order valence-corrected chi connectivity index (χ0v) is 17.2. The Morgan fingerprint density at radius 1 is 0.833 bits per heavy atom. The molecule has 0 saturated carbocycles. The van der Waals surface area contributed by atoms with Gasteiger partial charge in [0.1, 0.15) is 11.8 Å². The Labute approximate surface area is 176 Å². The molecular formula is C24H26N6. The average molecular weight is 399 g/mol. The number of aromatic nitrogens is 4. The summed E-state index contributed by atoms with van der Waals surface area (Å²) in [5, 5.41) is 0. The Morgan fingerprint density at radius 2 is 1.47 bits per heavy atom. The van der Waals surface area contributed by atoms with Crippen LogP contribution in [0, 0.1) is 0 Å². The first kappa shape index (κ1) is 18.8. The number of benzene rings is 2. The first-order valence-corrected chi connectivity index (χ1v) is 10.6. The highest BCUT2D eigenvalue weighted by Crippen LogP contribution is 2.40. The lowest BCUT2D eigenvalue weighted by Gasteiger charge is -2.48. The van der Waals surface area contributed by atoms with Crippen molar-refractivity contribution in [2.24, 2.45) is 0 Å². The van der Waals surface area contributed by atoms with Crippen LogP contribution in [0.25, 0.3) is 11.2 Å². The molecule has 1 saturated heterocycles. The van der Waals surface area contributed by atoms with Gasteiger partial charge in [0.2, 0.25) is 0 Å². The molecule has 3 heterocycles. The van der Waals surface area contributed by atoms with Gasteiger partial charge in [0.15, 0.2) is 11.5 Å². The molecule has 30 heavy (non-hydrogen) atoms. The van der Waals surface area contributed by atoms with E-state index in [1.54, 1.807) is 12.7 Å². The number of aromatic amines is 1. The van der Waals surface area contributed by atoms with Gasteiger partial charge in [0.25, 0.3) is 0 Å². The van der Waals surface area contributed by atoms with E-state index in [1.807, 2.05) is 0 Å². The van der Waals surface area contributed by atoms with Crippen molar-refractivity contribution in [3.63, 3.8) is 0 Å². The number of hydrogen-bond acceptors (Lipinski definition) is 5. The molecule has 0 unspecified atom stereocenters. The van der Waals surface area contributed by atoms with Crippen molar-refractivity contribution in [3.05, 3.63) is 84.4 Å². The highest BCUT2D eigenvalue weighted by atomic mass is 15.3. The molecule has 0 radical (unpaired) electrons. The summed E-state index contributed by atoms with van der Waals surface area (Å²) in [4.78, 5) is 21.3. The predicted molar refractivity (Wildman–Crippen MR) is 119 cm³/mol. The molecule has 6 heteroatoms. The SMILES string of the molecule is CCC(c1ccccc1)(c1ccccc1)N1CCN(c2ncnc3nc[nH]c23)CC1. The summed E-state index contributed by atoms with van der Waals surface area (Å²) in [7, 11) is 0. The van der Waals surface area contributed by atoms with Crippen LogP contribution in [0.15, 0.2) is 73.3 Å². The zero-order chi connectivity index (χ0) is 20.4. The Morgan fingerprint density at radius 3 is 2.07 bits per heavy atom. The van der Waals surface area contributed by atoms with Gasteiger partial charge in [0, 0.05) is 26.2 Å². The van der Waals surface area contributed by atoms with Crippen molar-refractivity contribution in [2.45, 2.75) is 18.9 Å². The molecule has 2 aromatic heterocycles. The molecule has 0 aliphatic carbocycles. The predicted octanol–water partition coefficient (Wildman–Crippen LogP) is 3.83. The second kappa shape index (κ2) is 7.88. The Balaban J connectivity index is 1.48. The van der Waals surface area contributed by atoms with Crippen LogP contribution >= 0.6 is 0 Å². The summed E-state index contributed by atoms with van der Waals surface area (Å²) in [6, 6.07) is 21.8. The molecule has 5 rings (SSSR count). The Hall–Kier alpha value is -3.25. The number of rotatable bonds is 5. The minimum Gasteiger partial charge on any atom is -0.352 e. The normalized spacial score (nSPS) is 15.6. The summed E-state index contributed by atoms with van der Waals surface area (Å²) < 4.78 is 0. The van der Waals surface area contributed by atoms with Crippen LogP contribution < -0.4 is 4.90 Å². The molecule has 1 aliphatic heterocycles. The topological polar surface area (TPSA) is 60.9 Å². The molecule has 0 atom stereocenters. The van der Waals surface area contributed by atoms with E-state index in [2.05, 4.69) is 97.3 Å². The lowest BCUT2D eigenvalue weighted by molar-refractivity contribution is 0.109. The van der Waals surface area contributed by atoms with Gasteiger partial charge in [-0.3, -0.25) is 4.90 Å². The fourth-order valence-electron chi connectivity index (χ4n) is 4.88. The fourth-order valence-corrected chi connectivity index (χ4v) is 4.88. The first-order valence-electron chi connectivity index (χ1n) is 10.6. The van der Waals surface area contributed by atoms with Gasteiger partial charge in [-0.05, 0) is 17.5 Å². The van der Waals surface area contributed by atoms with E-state index < -0.39 is 0 Å². The molecule has 1 N–H and O–H groups in total. The number of piperazine rings is 1. The van der Waals surface area contributed by atoms with Crippen molar-refractivity contribution < 1.29 is 0 Å². The molecule has 1 fully saturated rings. The number of anilines is 1. The molecule has 6 nitrogen and oxygen atoms in total. The van der Waals surface area contributed by atoms with Crippen LogP contribution in [-0.2, 0) is 5.54 Å². The third kappa shape index (κ3) is 3.04. The summed E-state index contributed by atoms with van der Waals surface area (Å²) in [6.45, 7) is 6.03. The Kier molecular flexibility index (Phi) is 4.93. The molecule has 0 amide bonds. The van der Waals surface area contributed by atoms with Crippen molar-refractivity contribution in [2.75, 3.05) is 31.1 Å². The summed E-state index contributed by atoms with van der Waals surface area (Å²) in [6.07, 6.45) is 4.31. The lowest BCUT2D eigenvalue weighted by Crippen LogP contribution is -2.56. The van der Waals surface area contributed by atoms with E-state index >= 15 is 0 Å².